The number of carbonyl (C=O) groups is 1. The topological polar surface area (TPSA) is 57.5 Å². The minimum Gasteiger partial charge on any atom is -0.479 e. The second kappa shape index (κ2) is 5.55. The molecule has 1 atom stereocenters. The van der Waals surface area contributed by atoms with E-state index in [1.165, 1.54) is 0 Å². The van der Waals surface area contributed by atoms with Gasteiger partial charge in [-0.3, -0.25) is 0 Å². The van der Waals surface area contributed by atoms with E-state index < -0.39 is 53.1 Å². The summed E-state index contributed by atoms with van der Waals surface area (Å²) in [4.78, 5) is 10.7. The minimum absolute atomic E-state index is 0.128. The lowest BCUT2D eigenvalue weighted by Crippen LogP contribution is -2.22. The lowest BCUT2D eigenvalue weighted by atomic mass is 9.90. The molecule has 0 heterocycles. The van der Waals surface area contributed by atoms with Crippen molar-refractivity contribution in [3.63, 3.8) is 0 Å². The van der Waals surface area contributed by atoms with Crippen LogP contribution in [0.1, 0.15) is 35.3 Å². The third kappa shape index (κ3) is 3.46. The van der Waals surface area contributed by atoms with E-state index in [-0.39, 0.29) is 6.07 Å². The summed E-state index contributed by atoms with van der Waals surface area (Å²) in [5, 5.41) is 18.0. The van der Waals surface area contributed by atoms with Gasteiger partial charge in [-0.05, 0) is 23.6 Å². The highest BCUT2D eigenvalue weighted by Gasteiger charge is 2.45. The number of carboxylic acid groups (broad SMARTS) is 1. The fraction of sp³-hybridized carbons (Fsp3) is 0.417. The van der Waals surface area contributed by atoms with Crippen LogP contribution in [0, 0.1) is 0 Å². The first kappa shape index (κ1) is 17.3. The van der Waals surface area contributed by atoms with Gasteiger partial charge >= 0.3 is 18.3 Å². The lowest BCUT2D eigenvalue weighted by Gasteiger charge is -2.22. The fourth-order valence-electron chi connectivity index (χ4n) is 1.99. The summed E-state index contributed by atoms with van der Waals surface area (Å²) in [5.41, 5.74) is -5.46. The molecule has 2 N–H and O–H groups in total. The van der Waals surface area contributed by atoms with Crippen LogP contribution in [0.2, 0.25) is 0 Å². The molecule has 0 aliphatic rings. The van der Waals surface area contributed by atoms with E-state index in [4.69, 9.17) is 5.11 Å². The van der Waals surface area contributed by atoms with Gasteiger partial charge in [0, 0.05) is 0 Å². The first-order valence-electron chi connectivity index (χ1n) is 5.62. The van der Waals surface area contributed by atoms with Gasteiger partial charge in [-0.15, -0.1) is 0 Å². The van der Waals surface area contributed by atoms with Crippen LogP contribution in [0.15, 0.2) is 12.1 Å². The second-order valence-electron chi connectivity index (χ2n) is 4.15. The third-order valence-electron chi connectivity index (χ3n) is 2.82. The molecule has 0 fully saturated rings. The smallest absolute Gasteiger partial charge is 0.417 e. The van der Waals surface area contributed by atoms with Crippen LogP contribution in [-0.2, 0) is 23.6 Å². The fourth-order valence-corrected chi connectivity index (χ4v) is 1.99. The quantitative estimate of drug-likeness (QED) is 0.840. The van der Waals surface area contributed by atoms with Crippen molar-refractivity contribution < 1.29 is 41.4 Å². The maximum absolute atomic E-state index is 12.9. The van der Waals surface area contributed by atoms with E-state index in [1.807, 2.05) is 0 Å². The molecule has 1 unspecified atom stereocenters. The average Bonchev–Trinajstić information content (AvgIpc) is 2.33. The zero-order valence-corrected chi connectivity index (χ0v) is 10.5. The molecule has 1 aromatic rings. The highest BCUT2D eigenvalue weighted by molar-refractivity contribution is 5.75. The number of aliphatic hydroxyl groups is 1. The Morgan fingerprint density at radius 2 is 1.67 bits per heavy atom. The van der Waals surface area contributed by atoms with Gasteiger partial charge in [-0.1, -0.05) is 13.0 Å². The monoisotopic (exact) mass is 316 g/mol. The van der Waals surface area contributed by atoms with Crippen LogP contribution in [-0.4, -0.2) is 16.2 Å². The number of hydrogen-bond donors (Lipinski definition) is 2. The summed E-state index contributed by atoms with van der Waals surface area (Å²) in [6, 6.07) is 0.680. The molecule has 0 radical (unpaired) electrons. The molecule has 0 saturated carbocycles. The molecule has 118 valence electrons. The Morgan fingerprint density at radius 1 is 1.14 bits per heavy atom. The van der Waals surface area contributed by atoms with Crippen LogP contribution in [0.5, 0.6) is 0 Å². The second-order valence-corrected chi connectivity index (χ2v) is 4.15. The van der Waals surface area contributed by atoms with Gasteiger partial charge in [0.15, 0.2) is 6.10 Å². The Bertz CT molecular complexity index is 547. The Hall–Kier alpha value is -1.77. The van der Waals surface area contributed by atoms with Crippen molar-refractivity contribution >= 4 is 5.97 Å². The van der Waals surface area contributed by atoms with Gasteiger partial charge in [-0.2, -0.15) is 26.3 Å². The molecule has 1 aromatic carbocycles. The molecule has 9 heteroatoms. The van der Waals surface area contributed by atoms with Gasteiger partial charge in [0.2, 0.25) is 0 Å². The molecule has 3 nitrogen and oxygen atoms in total. The van der Waals surface area contributed by atoms with E-state index in [0.717, 1.165) is 6.92 Å². The van der Waals surface area contributed by atoms with E-state index in [2.05, 4.69) is 0 Å². The van der Waals surface area contributed by atoms with Gasteiger partial charge in [-0.25, -0.2) is 4.79 Å². The van der Waals surface area contributed by atoms with Crippen molar-refractivity contribution in [2.75, 3.05) is 0 Å². The highest BCUT2D eigenvalue weighted by atomic mass is 19.4. The van der Waals surface area contributed by atoms with E-state index in [1.54, 1.807) is 0 Å². The normalized spacial score (nSPS) is 14.1. The number of halogens is 6. The predicted molar refractivity (Wildman–Crippen MR) is 58.4 cm³/mol. The molecular weight excluding hydrogens is 306 g/mol. The first-order valence-corrected chi connectivity index (χ1v) is 5.62. The summed E-state index contributed by atoms with van der Waals surface area (Å²) in [6.07, 6.45) is -13.4. The number of benzene rings is 1. The summed E-state index contributed by atoms with van der Waals surface area (Å²) < 4.78 is 76.9. The first-order chi connectivity index (χ1) is 9.41. The molecule has 21 heavy (non-hydrogen) atoms. The Balaban J connectivity index is 3.74. The molecule has 0 saturated heterocycles. The van der Waals surface area contributed by atoms with Crippen molar-refractivity contribution in [3.05, 3.63) is 34.4 Å². The van der Waals surface area contributed by atoms with Crippen LogP contribution in [0.25, 0.3) is 0 Å². The Kier molecular flexibility index (Phi) is 4.57. The Labute approximate surface area is 114 Å². The molecule has 0 spiro atoms. The van der Waals surface area contributed by atoms with E-state index in [9.17, 15) is 36.2 Å². The van der Waals surface area contributed by atoms with Crippen molar-refractivity contribution in [2.45, 2.75) is 31.8 Å². The third-order valence-corrected chi connectivity index (χ3v) is 2.82. The molecule has 0 aliphatic carbocycles. The molecule has 0 aliphatic heterocycles. The molecule has 0 bridgehead atoms. The summed E-state index contributed by atoms with van der Waals surface area (Å²) in [5.74, 6) is -1.85. The zero-order valence-electron chi connectivity index (χ0n) is 10.5. The zero-order chi connectivity index (χ0) is 16.6. The van der Waals surface area contributed by atoms with Crippen molar-refractivity contribution in [1.82, 2.24) is 0 Å². The number of aliphatic hydroxyl groups excluding tert-OH is 1. The van der Waals surface area contributed by atoms with Gasteiger partial charge in [0.1, 0.15) is 0 Å². The highest BCUT2D eigenvalue weighted by Crippen LogP contribution is 2.44. The number of aliphatic carboxylic acids is 1. The Morgan fingerprint density at radius 3 is 2.00 bits per heavy atom. The standard InChI is InChI=1S/C12H10F6O3/c1-2-5-6(9(19)10(20)21)3-4-7(11(13,14)15)8(5)12(16,17)18/h3-4,9,19H,2H2,1H3,(H,20,21). The number of rotatable bonds is 3. The number of alkyl halides is 6. The lowest BCUT2D eigenvalue weighted by molar-refractivity contribution is -0.162. The van der Waals surface area contributed by atoms with Crippen molar-refractivity contribution in [1.29, 1.82) is 0 Å². The van der Waals surface area contributed by atoms with Crippen molar-refractivity contribution in [2.24, 2.45) is 0 Å². The van der Waals surface area contributed by atoms with Crippen LogP contribution >= 0.6 is 0 Å². The molecule has 1 rings (SSSR count). The number of hydrogen-bond acceptors (Lipinski definition) is 2. The van der Waals surface area contributed by atoms with Gasteiger partial charge < -0.3 is 10.2 Å². The average molecular weight is 316 g/mol. The molecular formula is C12H10F6O3. The van der Waals surface area contributed by atoms with Gasteiger partial charge in [0.05, 0.1) is 11.1 Å². The van der Waals surface area contributed by atoms with E-state index >= 15 is 0 Å². The molecule has 0 aromatic heterocycles. The van der Waals surface area contributed by atoms with Crippen molar-refractivity contribution in [3.8, 4) is 0 Å². The number of carboxylic acids is 1. The minimum atomic E-state index is -5.33. The van der Waals surface area contributed by atoms with Crippen LogP contribution in [0.3, 0.4) is 0 Å². The van der Waals surface area contributed by atoms with Crippen LogP contribution < -0.4 is 0 Å². The maximum Gasteiger partial charge on any atom is 0.417 e. The van der Waals surface area contributed by atoms with Crippen LogP contribution in [0.4, 0.5) is 26.3 Å². The summed E-state index contributed by atoms with van der Waals surface area (Å²) >= 11 is 0. The van der Waals surface area contributed by atoms with Gasteiger partial charge in [0.25, 0.3) is 0 Å². The predicted octanol–water partition coefficient (Wildman–Crippen LogP) is 3.40. The molecule has 0 amide bonds. The summed E-state index contributed by atoms with van der Waals surface area (Å²) in [6.45, 7) is 1.14. The maximum atomic E-state index is 12.9. The summed E-state index contributed by atoms with van der Waals surface area (Å²) in [7, 11) is 0. The van der Waals surface area contributed by atoms with E-state index in [0.29, 0.717) is 6.07 Å². The SMILES string of the molecule is CCc1c(C(O)C(=O)O)ccc(C(F)(F)F)c1C(F)(F)F. The largest absolute Gasteiger partial charge is 0.479 e.